The normalized spacial score (nSPS) is 27.7. The fraction of sp³-hybridized carbons (Fsp3) is 0.500. The molecule has 1 aromatic carbocycles. The molecule has 10 N–H and O–H groups in total. The lowest BCUT2D eigenvalue weighted by atomic mass is 10.0. The molecule has 3 unspecified atom stereocenters. The van der Waals surface area contributed by atoms with Crippen molar-refractivity contribution in [2.75, 3.05) is 55.8 Å². The Hall–Kier alpha value is -8.04. The molecular formula is C52H62F3N17O18P2S2. The van der Waals surface area contributed by atoms with E-state index in [0.717, 1.165) is 45.5 Å². The number of carbonyl (C=O) groups is 8. The van der Waals surface area contributed by atoms with Crippen molar-refractivity contribution in [1.82, 2.24) is 64.8 Å². The molecule has 35 nitrogen and oxygen atoms in total. The third kappa shape index (κ3) is 16.2. The quantitative estimate of drug-likeness (QED) is 0.0234. The van der Waals surface area contributed by atoms with Crippen molar-refractivity contribution in [3.8, 4) is 0 Å². The van der Waals surface area contributed by atoms with Crippen LogP contribution < -0.4 is 38.1 Å². The summed E-state index contributed by atoms with van der Waals surface area (Å²) < 4.78 is 109. The minimum atomic E-state index is -4.60. The van der Waals surface area contributed by atoms with E-state index in [9.17, 15) is 52.2 Å². The van der Waals surface area contributed by atoms with Crippen molar-refractivity contribution in [3.05, 3.63) is 67.3 Å². The molecule has 4 saturated heterocycles. The van der Waals surface area contributed by atoms with Crippen molar-refractivity contribution >= 4 is 125 Å². The van der Waals surface area contributed by atoms with E-state index in [-0.39, 0.29) is 85.0 Å². The van der Waals surface area contributed by atoms with Gasteiger partial charge in [-0.15, -0.1) is 0 Å². The number of rotatable bonds is 20. The van der Waals surface area contributed by atoms with Gasteiger partial charge in [-0.25, -0.2) is 62.0 Å². The highest BCUT2D eigenvalue weighted by Crippen LogP contribution is 2.59. The predicted octanol–water partition coefficient (Wildman–Crippen LogP) is 2.42. The Bertz CT molecular complexity index is 3830. The largest absolute Gasteiger partial charge is 0.447 e. The second-order valence-electron chi connectivity index (χ2n) is 22.1. The van der Waals surface area contributed by atoms with Gasteiger partial charge >= 0.3 is 31.7 Å². The van der Waals surface area contributed by atoms with E-state index >= 15 is 8.78 Å². The van der Waals surface area contributed by atoms with Crippen molar-refractivity contribution in [2.24, 2.45) is 11.7 Å². The number of nitrogen functional groups attached to an aromatic ring is 1. The van der Waals surface area contributed by atoms with E-state index in [1.807, 2.05) is 0 Å². The van der Waals surface area contributed by atoms with Gasteiger partial charge in [-0.05, 0) is 48.3 Å². The summed E-state index contributed by atoms with van der Waals surface area (Å²) in [6.07, 6.45) is -11.5. The van der Waals surface area contributed by atoms with Crippen LogP contribution in [0, 0.1) is 5.92 Å². The number of primary amides is 1. The van der Waals surface area contributed by atoms with Gasteiger partial charge in [0.15, 0.2) is 53.2 Å². The van der Waals surface area contributed by atoms with E-state index in [4.69, 9.17) is 60.3 Å². The number of thiol groups is 1. The minimum absolute atomic E-state index is 0.000324. The molecule has 0 spiro atoms. The molecule has 5 aliphatic rings. The topological polar surface area (TPSA) is 454 Å². The van der Waals surface area contributed by atoms with Gasteiger partial charge in [0.25, 0.3) is 11.8 Å². The molecule has 5 aromatic rings. The molecule has 9 amide bonds. The van der Waals surface area contributed by atoms with Crippen LogP contribution in [0.25, 0.3) is 22.3 Å². The van der Waals surface area contributed by atoms with Crippen molar-refractivity contribution in [2.45, 2.75) is 120 Å². The summed E-state index contributed by atoms with van der Waals surface area (Å²) in [5, 5.41) is 12.7. The van der Waals surface area contributed by atoms with Crippen LogP contribution in [-0.4, -0.2) is 202 Å². The number of fused-ring (bicyclic) bond motifs is 4. The Morgan fingerprint density at radius 2 is 1.46 bits per heavy atom. The molecule has 0 saturated carbocycles. The van der Waals surface area contributed by atoms with Gasteiger partial charge in [-0.1, -0.05) is 38.2 Å². The highest BCUT2D eigenvalue weighted by atomic mass is 32.7. The van der Waals surface area contributed by atoms with Crippen molar-refractivity contribution in [1.29, 1.82) is 0 Å². The zero-order valence-electron chi connectivity index (χ0n) is 49.5. The van der Waals surface area contributed by atoms with Crippen molar-refractivity contribution in [3.63, 3.8) is 0 Å². The number of aromatic nitrogens is 8. The number of nitrogens with zero attached hydrogens (tertiary/aromatic N) is 10. The fourth-order valence-electron chi connectivity index (χ4n) is 10.6. The third-order valence-corrected chi connectivity index (χ3v) is 18.5. The van der Waals surface area contributed by atoms with E-state index in [1.165, 1.54) is 35.2 Å². The summed E-state index contributed by atoms with van der Waals surface area (Å²) in [5.74, 6) is -3.88. The molecule has 42 heteroatoms. The number of imide groups is 1. The SMILES string of the molecule is CC(C)[C@H](NC(=O)CCN1C(=O)C=CC1=O)C(=O)N[C@@H](CCCNC(N)=O)C(=O)Nc1ccc(COC(=O)N2C[C@@H](F)C[C@H]2COC(=O)Nc2ncnc3c2ncn3[C@@H]2O[C@@H]3COP(O)(=S)O[C@@H]4C(COP(=O)(S)O[C@H]3[C@H]2F)O[C@@H](n2cnc3c(N)ncnc32)[C@@H]4F)cc1. The lowest BCUT2D eigenvalue weighted by molar-refractivity contribution is -0.137. The van der Waals surface area contributed by atoms with Crippen LogP contribution in [-0.2, 0) is 84.0 Å². The molecule has 506 valence electrons. The first-order chi connectivity index (χ1) is 44.7. The number of benzene rings is 1. The molecule has 10 rings (SSSR count). The third-order valence-electron chi connectivity index (χ3n) is 15.3. The Balaban J connectivity index is 0.712. The number of halogens is 3. The molecule has 0 bridgehead atoms. The minimum Gasteiger partial charge on any atom is -0.447 e. The fourth-order valence-corrected chi connectivity index (χ4v) is 13.5. The molecule has 5 aliphatic heterocycles. The summed E-state index contributed by atoms with van der Waals surface area (Å²) in [7, 11) is 0. The van der Waals surface area contributed by atoms with Gasteiger partial charge in [0.05, 0.1) is 38.5 Å². The number of hydrogen-bond donors (Lipinski definition) is 9. The standard InChI is InChI=1S/C52H62F3N17O18P2S2/c1-24(2)37(67-32(73)11-13-69-33(74)9-10-34(69)75)47(77)66-29(4-3-12-58-50(57)78)46(76)65-27-7-5-25(6-8-27)16-84-52(80)70-15-26(53)14-28(70)17-83-51(79)68-43-39-45(62-21-60-43)72(23-64-39)49-36(55)41-31(88-49)19-86-91(81,93)89-40-30(18-85-92(82,94)90-41)87-48(35(40)54)71-22-63-38-42(56)59-20-61-44(38)71/h5-10,20-24,26,28-31,35-37,40-41,48-49H,3-4,11-19H2,1-2H3,(H,65,76)(H,66,77)(H,67,73)(H,81,93)(H,82,94)(H2,56,59,61)(H3,57,58,78)(H,60,62,68,79)/t26-,28-,29-,30?,31+,35+,36+,37-,40+,41+,48+,49+,91?,92?/m0/s1. The molecule has 0 aliphatic carbocycles. The highest BCUT2D eigenvalue weighted by molar-refractivity contribution is 8.44. The predicted molar refractivity (Wildman–Crippen MR) is 324 cm³/mol. The number of ether oxygens (including phenoxy) is 4. The summed E-state index contributed by atoms with van der Waals surface area (Å²) >= 11 is 9.29. The number of alkyl halides is 3. The first kappa shape index (κ1) is 68.8. The molecule has 14 atom stereocenters. The average Bonchev–Trinajstić information content (AvgIpc) is 1.62. The lowest BCUT2D eigenvalue weighted by Gasteiger charge is -2.29. The Morgan fingerprint density at radius 3 is 2.12 bits per heavy atom. The van der Waals surface area contributed by atoms with Crippen LogP contribution >= 0.6 is 25.8 Å². The molecule has 4 fully saturated rings. The first-order valence-corrected chi connectivity index (χ1v) is 34.1. The van der Waals surface area contributed by atoms with Crippen LogP contribution in [0.15, 0.2) is 61.7 Å². The lowest BCUT2D eigenvalue weighted by Crippen LogP contribution is -2.54. The van der Waals surface area contributed by atoms with Gasteiger partial charge in [-0.3, -0.25) is 61.8 Å². The monoisotopic (exact) mass is 1400 g/mol. The number of imidazole rings is 2. The van der Waals surface area contributed by atoms with E-state index in [1.54, 1.807) is 13.8 Å². The number of nitrogens with two attached hydrogens (primary N) is 2. The molecule has 4 aromatic heterocycles. The number of urea groups is 1. The Morgan fingerprint density at radius 1 is 0.830 bits per heavy atom. The van der Waals surface area contributed by atoms with Crippen LogP contribution in [0.1, 0.15) is 57.6 Å². The molecule has 0 radical (unpaired) electrons. The summed E-state index contributed by atoms with van der Waals surface area (Å²) in [6, 6.07) is 1.88. The molecule has 94 heavy (non-hydrogen) atoms. The second kappa shape index (κ2) is 29.3. The van der Waals surface area contributed by atoms with Crippen LogP contribution in [0.4, 0.5) is 44.9 Å². The van der Waals surface area contributed by atoms with Crippen LogP contribution in [0.5, 0.6) is 0 Å². The highest BCUT2D eigenvalue weighted by Gasteiger charge is 2.54. The van der Waals surface area contributed by atoms with Gasteiger partial charge in [0, 0.05) is 43.8 Å². The average molecular weight is 1400 g/mol. The maximum absolute atomic E-state index is 16.8. The number of carbonyl (C=O) groups excluding carboxylic acids is 8. The maximum Gasteiger partial charge on any atom is 0.412 e. The van der Waals surface area contributed by atoms with Gasteiger partial charge < -0.3 is 61.1 Å². The van der Waals surface area contributed by atoms with Crippen LogP contribution in [0.2, 0.25) is 0 Å². The number of anilines is 3. The molecular weight excluding hydrogens is 1330 g/mol. The van der Waals surface area contributed by atoms with Crippen molar-refractivity contribution < 1.29 is 98.0 Å². The number of nitrogens with one attached hydrogen (secondary N) is 5. The Kier molecular flexibility index (Phi) is 21.5. The van der Waals surface area contributed by atoms with E-state index in [0.29, 0.717) is 5.56 Å². The smallest absolute Gasteiger partial charge is 0.412 e. The zero-order valence-corrected chi connectivity index (χ0v) is 53.0. The number of amides is 9. The van der Waals surface area contributed by atoms with E-state index in [2.05, 4.69) is 68.7 Å². The zero-order chi connectivity index (χ0) is 67.3. The van der Waals surface area contributed by atoms with Gasteiger partial charge in [0.2, 0.25) is 17.7 Å². The Labute approximate surface area is 540 Å². The van der Waals surface area contributed by atoms with Gasteiger partial charge in [-0.2, -0.15) is 0 Å². The number of likely N-dealkylation sites (tertiary alicyclic amines) is 1. The second-order valence-corrected chi connectivity index (χ2v) is 27.8. The summed E-state index contributed by atoms with van der Waals surface area (Å²) in [5.41, 5.74) is 11.7. The number of hydrogen-bond acceptors (Lipinski definition) is 25. The summed E-state index contributed by atoms with van der Waals surface area (Å²) in [6.45, 7) is -8.66. The first-order valence-electron chi connectivity index (χ1n) is 28.8. The molecule has 9 heterocycles. The van der Waals surface area contributed by atoms with Gasteiger partial charge in [0.1, 0.15) is 74.1 Å². The maximum atomic E-state index is 16.8. The van der Waals surface area contributed by atoms with E-state index < -0.39 is 167 Å². The summed E-state index contributed by atoms with van der Waals surface area (Å²) in [4.78, 5) is 140. The van der Waals surface area contributed by atoms with Crippen LogP contribution in [0.3, 0.4) is 0 Å².